The summed E-state index contributed by atoms with van der Waals surface area (Å²) in [6.45, 7) is 2.91. The fourth-order valence-corrected chi connectivity index (χ4v) is 3.70. The molecule has 1 saturated heterocycles. The predicted octanol–water partition coefficient (Wildman–Crippen LogP) is 2.45. The number of pyridine rings is 1. The van der Waals surface area contributed by atoms with Crippen molar-refractivity contribution in [2.24, 2.45) is 0 Å². The van der Waals surface area contributed by atoms with E-state index in [1.165, 1.54) is 6.20 Å². The number of carbonyl (C=O) groups is 1. The molecular formula is C12H15BrN2O2S. The fourth-order valence-electron chi connectivity index (χ4n) is 1.98. The Morgan fingerprint density at radius 2 is 2.44 bits per heavy atom. The zero-order chi connectivity index (χ0) is 13.1. The highest BCUT2D eigenvalue weighted by atomic mass is 79.9. The van der Waals surface area contributed by atoms with Crippen molar-refractivity contribution in [3.8, 4) is 0 Å². The summed E-state index contributed by atoms with van der Waals surface area (Å²) in [6, 6.07) is 1.59. The van der Waals surface area contributed by atoms with Crippen molar-refractivity contribution >= 4 is 33.6 Å². The first kappa shape index (κ1) is 13.7. The number of nitrogens with zero attached hydrogens (tertiary/aromatic N) is 1. The third-order valence-corrected chi connectivity index (χ3v) is 4.77. The summed E-state index contributed by atoms with van der Waals surface area (Å²) in [4.78, 5) is 28.1. The average Bonchev–Trinajstić information content (AvgIpc) is 2.80. The Balaban J connectivity index is 2.19. The topological polar surface area (TPSA) is 53.2 Å². The van der Waals surface area contributed by atoms with Gasteiger partial charge in [0, 0.05) is 18.5 Å². The molecule has 0 saturated carbocycles. The molecule has 6 heteroatoms. The van der Waals surface area contributed by atoms with Crippen molar-refractivity contribution in [3.63, 3.8) is 0 Å². The number of rotatable bonds is 3. The summed E-state index contributed by atoms with van der Waals surface area (Å²) in [5.74, 6) is 0.983. The van der Waals surface area contributed by atoms with Crippen LogP contribution in [0.3, 0.4) is 0 Å². The van der Waals surface area contributed by atoms with Gasteiger partial charge in [0.2, 0.25) is 0 Å². The fraction of sp³-hybridized carbons (Fsp3) is 0.500. The van der Waals surface area contributed by atoms with Crippen molar-refractivity contribution < 1.29 is 4.79 Å². The Labute approximate surface area is 118 Å². The third-order valence-electron chi connectivity index (χ3n) is 2.89. The van der Waals surface area contributed by atoms with Crippen LogP contribution >= 0.6 is 27.7 Å². The second kappa shape index (κ2) is 5.93. The lowest BCUT2D eigenvalue weighted by molar-refractivity contribution is 0.0756. The van der Waals surface area contributed by atoms with Crippen LogP contribution in [0.4, 0.5) is 0 Å². The molecule has 1 amide bonds. The molecule has 0 aliphatic carbocycles. The average molecular weight is 331 g/mol. The first-order valence-corrected chi connectivity index (χ1v) is 7.78. The minimum Gasteiger partial charge on any atom is -0.327 e. The lowest BCUT2D eigenvalue weighted by Gasteiger charge is -2.23. The maximum absolute atomic E-state index is 12.4. The maximum atomic E-state index is 12.4. The molecule has 1 aromatic heterocycles. The lowest BCUT2D eigenvalue weighted by atomic mass is 10.2. The van der Waals surface area contributed by atoms with E-state index in [1.54, 1.807) is 6.07 Å². The van der Waals surface area contributed by atoms with Crippen molar-refractivity contribution in [3.05, 3.63) is 32.7 Å². The molecule has 1 aromatic rings. The van der Waals surface area contributed by atoms with Crippen molar-refractivity contribution in [1.82, 2.24) is 9.88 Å². The zero-order valence-corrected chi connectivity index (χ0v) is 12.5. The van der Waals surface area contributed by atoms with Gasteiger partial charge in [-0.2, -0.15) is 0 Å². The van der Waals surface area contributed by atoms with Crippen LogP contribution in [0.5, 0.6) is 0 Å². The van der Waals surface area contributed by atoms with Gasteiger partial charge in [0.05, 0.1) is 15.4 Å². The van der Waals surface area contributed by atoms with Gasteiger partial charge >= 0.3 is 0 Å². The van der Waals surface area contributed by atoms with E-state index >= 15 is 0 Å². The van der Waals surface area contributed by atoms with Crippen LogP contribution in [0.2, 0.25) is 0 Å². The van der Waals surface area contributed by atoms with Gasteiger partial charge in [0.25, 0.3) is 11.5 Å². The van der Waals surface area contributed by atoms with Crippen molar-refractivity contribution in [2.45, 2.75) is 25.1 Å². The van der Waals surface area contributed by atoms with E-state index in [9.17, 15) is 9.59 Å². The summed E-state index contributed by atoms with van der Waals surface area (Å²) in [6.07, 6.45) is 3.57. The Kier molecular flexibility index (Phi) is 4.50. The summed E-state index contributed by atoms with van der Waals surface area (Å²) in [5, 5.41) is 0.271. The highest BCUT2D eigenvalue weighted by Gasteiger charge is 2.29. The van der Waals surface area contributed by atoms with Gasteiger partial charge in [-0.15, -0.1) is 11.8 Å². The number of carbonyl (C=O) groups excluding carboxylic acids is 1. The van der Waals surface area contributed by atoms with Crippen LogP contribution < -0.4 is 5.56 Å². The van der Waals surface area contributed by atoms with Gasteiger partial charge in [-0.05, 0) is 28.4 Å². The highest BCUT2D eigenvalue weighted by Crippen LogP contribution is 2.28. The van der Waals surface area contributed by atoms with E-state index in [0.29, 0.717) is 10.0 Å². The molecule has 98 valence electrons. The molecule has 4 nitrogen and oxygen atoms in total. The van der Waals surface area contributed by atoms with Crippen LogP contribution in [0.25, 0.3) is 0 Å². The summed E-state index contributed by atoms with van der Waals surface area (Å²) < 4.78 is 0.396. The van der Waals surface area contributed by atoms with Crippen molar-refractivity contribution in [2.75, 3.05) is 12.3 Å². The largest absolute Gasteiger partial charge is 0.327 e. The SMILES string of the molecule is CCC[C@H]1SCCN1C(=O)c1c[nH]c(=O)c(Br)c1. The number of thioether (sulfide) groups is 1. The lowest BCUT2D eigenvalue weighted by Crippen LogP contribution is -2.35. The summed E-state index contributed by atoms with van der Waals surface area (Å²) in [5.41, 5.74) is 0.317. The second-order valence-corrected chi connectivity index (χ2v) is 6.32. The summed E-state index contributed by atoms with van der Waals surface area (Å²) >= 11 is 4.98. The number of hydrogen-bond donors (Lipinski definition) is 1. The van der Waals surface area contributed by atoms with E-state index < -0.39 is 0 Å². The smallest absolute Gasteiger partial charge is 0.262 e. The van der Waals surface area contributed by atoms with E-state index in [4.69, 9.17) is 0 Å². The van der Waals surface area contributed by atoms with Gasteiger partial charge in [-0.25, -0.2) is 0 Å². The monoisotopic (exact) mass is 330 g/mol. The molecular weight excluding hydrogens is 316 g/mol. The molecule has 1 aliphatic rings. The number of halogens is 1. The van der Waals surface area contributed by atoms with E-state index in [2.05, 4.69) is 27.8 Å². The molecule has 0 bridgehead atoms. The number of aromatic nitrogens is 1. The molecule has 0 radical (unpaired) electrons. The van der Waals surface area contributed by atoms with Crippen molar-refractivity contribution in [1.29, 1.82) is 0 Å². The van der Waals surface area contributed by atoms with Gasteiger partial charge in [0.15, 0.2) is 0 Å². The minimum atomic E-state index is -0.215. The van der Waals surface area contributed by atoms with E-state index in [-0.39, 0.29) is 16.8 Å². The molecule has 2 rings (SSSR count). The van der Waals surface area contributed by atoms with E-state index in [0.717, 1.165) is 25.1 Å². The number of H-pyrrole nitrogens is 1. The first-order valence-electron chi connectivity index (χ1n) is 5.94. The normalized spacial score (nSPS) is 19.2. The highest BCUT2D eigenvalue weighted by molar-refractivity contribution is 9.10. The second-order valence-electron chi connectivity index (χ2n) is 4.18. The minimum absolute atomic E-state index is 0.00426. The van der Waals surface area contributed by atoms with Crippen LogP contribution in [-0.2, 0) is 0 Å². The van der Waals surface area contributed by atoms with Gasteiger partial charge in [-0.3, -0.25) is 9.59 Å². The van der Waals surface area contributed by atoms with Crippen LogP contribution in [0, 0.1) is 0 Å². The molecule has 1 atom stereocenters. The number of hydrogen-bond acceptors (Lipinski definition) is 3. The third kappa shape index (κ3) is 2.80. The Hall–Kier alpha value is -0.750. The molecule has 1 aliphatic heterocycles. The Bertz CT molecular complexity index is 503. The van der Waals surface area contributed by atoms with Crippen LogP contribution in [0.1, 0.15) is 30.1 Å². The Morgan fingerprint density at radius 3 is 3.11 bits per heavy atom. The molecule has 1 N–H and O–H groups in total. The number of amides is 1. The predicted molar refractivity (Wildman–Crippen MR) is 77.0 cm³/mol. The number of nitrogens with one attached hydrogen (secondary N) is 1. The Morgan fingerprint density at radius 1 is 1.67 bits per heavy atom. The van der Waals surface area contributed by atoms with Gasteiger partial charge < -0.3 is 9.88 Å². The standard InChI is InChI=1S/C12H15BrN2O2S/c1-2-3-10-15(4-5-18-10)12(17)8-6-9(13)11(16)14-7-8/h6-7,10H,2-5H2,1H3,(H,14,16)/t10-/m1/s1. The maximum Gasteiger partial charge on any atom is 0.262 e. The first-order chi connectivity index (χ1) is 8.63. The molecule has 1 fully saturated rings. The quantitative estimate of drug-likeness (QED) is 0.926. The molecule has 0 unspecified atom stereocenters. The summed E-state index contributed by atoms with van der Waals surface area (Å²) in [7, 11) is 0. The van der Waals surface area contributed by atoms with Crippen LogP contribution in [-0.4, -0.2) is 33.5 Å². The van der Waals surface area contributed by atoms with Gasteiger partial charge in [-0.1, -0.05) is 13.3 Å². The molecule has 0 spiro atoms. The molecule has 0 aromatic carbocycles. The molecule has 18 heavy (non-hydrogen) atoms. The molecule has 2 heterocycles. The number of aromatic amines is 1. The van der Waals surface area contributed by atoms with E-state index in [1.807, 2.05) is 16.7 Å². The zero-order valence-electron chi connectivity index (χ0n) is 10.1. The van der Waals surface area contributed by atoms with Gasteiger partial charge in [0.1, 0.15) is 0 Å². The van der Waals surface area contributed by atoms with Crippen LogP contribution in [0.15, 0.2) is 21.5 Å².